The number of hydrogen-bond acceptors (Lipinski definition) is 3. The van der Waals surface area contributed by atoms with E-state index in [1.54, 1.807) is 0 Å². The van der Waals surface area contributed by atoms with Gasteiger partial charge in [0.15, 0.2) is 0 Å². The van der Waals surface area contributed by atoms with Crippen molar-refractivity contribution in [2.75, 3.05) is 13.2 Å². The van der Waals surface area contributed by atoms with E-state index < -0.39 is 6.80 Å². The molecule has 1 atom stereocenters. The Labute approximate surface area is 81.1 Å². The Morgan fingerprint density at radius 3 is 2.33 bits per heavy atom. The topological polar surface area (TPSA) is 72.5 Å². The fraction of sp³-hybridized carbons (Fsp3) is 1.00. The molecule has 4 nitrogen and oxygen atoms in total. The molecule has 0 radical (unpaired) electrons. The van der Waals surface area contributed by atoms with E-state index in [1.807, 2.05) is 0 Å². The zero-order chi connectivity index (χ0) is 6.62. The normalized spacial score (nSPS) is 15.9. The number of rotatable bonds is 3. The van der Waals surface area contributed by atoms with Crippen LogP contribution >= 0.6 is 19.0 Å². The van der Waals surface area contributed by atoms with Crippen LogP contribution in [-0.2, 0) is 9.09 Å². The van der Waals surface area contributed by atoms with Crippen molar-refractivity contribution < 1.29 is 14.0 Å². The quantitative estimate of drug-likeness (QED) is 0.307. The summed E-state index contributed by atoms with van der Waals surface area (Å²) < 4.78 is 14.3. The van der Waals surface area contributed by atoms with E-state index in [0.29, 0.717) is 0 Å². The summed E-state index contributed by atoms with van der Waals surface area (Å²) in [6, 6.07) is 0. The average molecular weight is 181 g/mol. The first-order valence-electron chi connectivity index (χ1n) is 1.96. The molecule has 0 rings (SSSR count). The van der Waals surface area contributed by atoms with Gasteiger partial charge in [-0.25, -0.2) is 4.57 Å². The Morgan fingerprint density at radius 1 is 1.78 bits per heavy atom. The molecule has 0 fully saturated rings. The summed E-state index contributed by atoms with van der Waals surface area (Å²) >= 11 is 3.22. The molecule has 9 heavy (non-hydrogen) atoms. The molecule has 7 heteroatoms. The molecule has 0 aliphatic rings. The SMILES string of the molecule is NCCOP(=O)(O)S.[NaH]. The molecule has 0 amide bonds. The van der Waals surface area contributed by atoms with E-state index in [4.69, 9.17) is 10.6 Å². The van der Waals surface area contributed by atoms with Crippen LogP contribution in [0.1, 0.15) is 0 Å². The Kier molecular flexibility index (Phi) is 8.99. The van der Waals surface area contributed by atoms with Gasteiger partial charge in [-0.3, -0.25) is 4.52 Å². The minimum atomic E-state index is -3.57. The van der Waals surface area contributed by atoms with Crippen molar-refractivity contribution in [3.05, 3.63) is 0 Å². The monoisotopic (exact) mass is 181 g/mol. The van der Waals surface area contributed by atoms with Gasteiger partial charge in [-0.2, -0.15) is 0 Å². The molecule has 0 spiro atoms. The zero-order valence-electron chi connectivity index (χ0n) is 4.15. The predicted octanol–water partition coefficient (Wildman–Crippen LogP) is -0.657. The fourth-order valence-electron chi connectivity index (χ4n) is 0.172. The van der Waals surface area contributed by atoms with Crippen molar-refractivity contribution >= 4 is 48.6 Å². The predicted molar refractivity (Wildman–Crippen MR) is 41.0 cm³/mol. The van der Waals surface area contributed by atoms with Gasteiger partial charge in [0.2, 0.25) is 0 Å². The molecule has 0 aliphatic heterocycles. The summed E-state index contributed by atoms with van der Waals surface area (Å²) in [6.07, 6.45) is 0. The van der Waals surface area contributed by atoms with Crippen LogP contribution in [0, 0.1) is 0 Å². The van der Waals surface area contributed by atoms with Crippen LogP contribution in [0.4, 0.5) is 0 Å². The molecule has 0 aromatic rings. The molecule has 1 unspecified atom stereocenters. The fourth-order valence-corrected chi connectivity index (χ4v) is 0.760. The van der Waals surface area contributed by atoms with Crippen LogP contribution in [-0.4, -0.2) is 47.6 Å². The van der Waals surface area contributed by atoms with Gasteiger partial charge in [0.05, 0.1) is 6.61 Å². The summed E-state index contributed by atoms with van der Waals surface area (Å²) in [5.41, 5.74) is 4.94. The standard InChI is InChI=1S/C2H8NO3PS.Na.H/c3-1-2-6-7(4,5)8;;/h1-3H2,(H2,4,5,8);;. The third-order valence-corrected chi connectivity index (χ3v) is 1.24. The van der Waals surface area contributed by atoms with Gasteiger partial charge < -0.3 is 10.6 Å². The third-order valence-electron chi connectivity index (χ3n) is 0.377. The molecule has 0 heterocycles. The third kappa shape index (κ3) is 12.6. The summed E-state index contributed by atoms with van der Waals surface area (Å²) in [6.45, 7) is -3.27. The second-order valence-electron chi connectivity index (χ2n) is 1.11. The average Bonchev–Trinajstić information content (AvgIpc) is 1.59. The zero-order valence-corrected chi connectivity index (χ0v) is 5.94. The molecular weight excluding hydrogens is 172 g/mol. The van der Waals surface area contributed by atoms with Crippen molar-refractivity contribution in [3.8, 4) is 0 Å². The van der Waals surface area contributed by atoms with Crippen molar-refractivity contribution in [2.45, 2.75) is 0 Å². The summed E-state index contributed by atoms with van der Waals surface area (Å²) in [4.78, 5) is 8.29. The maximum absolute atomic E-state index is 10.1. The molecule has 0 aromatic heterocycles. The van der Waals surface area contributed by atoms with E-state index in [2.05, 4.69) is 16.8 Å². The van der Waals surface area contributed by atoms with Gasteiger partial charge in [0, 0.05) is 6.54 Å². The molecule has 0 aliphatic carbocycles. The van der Waals surface area contributed by atoms with Gasteiger partial charge in [-0.05, 0) is 0 Å². The van der Waals surface area contributed by atoms with Crippen LogP contribution in [0.15, 0.2) is 0 Å². The molecule has 52 valence electrons. The van der Waals surface area contributed by atoms with Crippen LogP contribution in [0.3, 0.4) is 0 Å². The van der Waals surface area contributed by atoms with Crippen molar-refractivity contribution in [3.63, 3.8) is 0 Å². The van der Waals surface area contributed by atoms with Crippen LogP contribution in [0.25, 0.3) is 0 Å². The van der Waals surface area contributed by atoms with Crippen molar-refractivity contribution in [2.24, 2.45) is 5.73 Å². The molecule has 3 N–H and O–H groups in total. The second-order valence-corrected chi connectivity index (χ2v) is 3.87. The molecular formula is C2H9NNaO3PS. The summed E-state index contributed by atoms with van der Waals surface area (Å²) in [7, 11) is 0. The maximum atomic E-state index is 10.1. The van der Waals surface area contributed by atoms with Gasteiger partial charge in [-0.1, -0.05) is 12.2 Å². The Morgan fingerprint density at radius 2 is 2.22 bits per heavy atom. The number of hydrogen-bond donors (Lipinski definition) is 3. The van der Waals surface area contributed by atoms with Crippen molar-refractivity contribution in [1.29, 1.82) is 0 Å². The first-order chi connectivity index (χ1) is 3.56. The van der Waals surface area contributed by atoms with Crippen LogP contribution in [0.5, 0.6) is 0 Å². The Bertz CT molecular complexity index is 106. The molecule has 0 bridgehead atoms. The number of thiol groups is 1. The second kappa shape index (κ2) is 6.19. The van der Waals surface area contributed by atoms with E-state index in [-0.39, 0.29) is 42.7 Å². The minimum absolute atomic E-state index is 0. The molecule has 0 saturated carbocycles. The van der Waals surface area contributed by atoms with E-state index >= 15 is 0 Å². The van der Waals surface area contributed by atoms with Crippen LogP contribution in [0.2, 0.25) is 0 Å². The van der Waals surface area contributed by atoms with Gasteiger partial charge in [0.1, 0.15) is 0 Å². The summed E-state index contributed by atoms with van der Waals surface area (Å²) in [5.74, 6) is 0. The van der Waals surface area contributed by atoms with Gasteiger partial charge >= 0.3 is 36.4 Å². The Balaban J connectivity index is 0. The van der Waals surface area contributed by atoms with E-state index in [1.165, 1.54) is 0 Å². The first-order valence-corrected chi connectivity index (χ1v) is 4.69. The molecule has 0 saturated heterocycles. The van der Waals surface area contributed by atoms with Crippen LogP contribution < -0.4 is 5.73 Å². The van der Waals surface area contributed by atoms with Crippen molar-refractivity contribution in [1.82, 2.24) is 0 Å². The molecule has 0 aromatic carbocycles. The number of nitrogens with two attached hydrogens (primary N) is 1. The van der Waals surface area contributed by atoms with E-state index in [9.17, 15) is 4.57 Å². The Hall–Kier alpha value is 1.46. The van der Waals surface area contributed by atoms with Gasteiger partial charge in [-0.15, -0.1) is 0 Å². The van der Waals surface area contributed by atoms with Gasteiger partial charge in [0.25, 0.3) is 0 Å². The summed E-state index contributed by atoms with van der Waals surface area (Å²) in [5, 5.41) is 0. The first kappa shape index (κ1) is 13.1. The van der Waals surface area contributed by atoms with E-state index in [0.717, 1.165) is 0 Å².